The minimum absolute atomic E-state index is 0.344. The van der Waals surface area contributed by atoms with E-state index in [1.54, 1.807) is 19.1 Å². The minimum Gasteiger partial charge on any atom is -0.303 e. The van der Waals surface area contributed by atoms with Gasteiger partial charge in [-0.1, -0.05) is 28.9 Å². The smallest absolute Gasteiger partial charge is 0.128 e. The maximum Gasteiger partial charge on any atom is 0.128 e. The number of hydrogen-bond donors (Lipinski definition) is 0. The van der Waals surface area contributed by atoms with Crippen LogP contribution in [0.3, 0.4) is 0 Å². The van der Waals surface area contributed by atoms with Gasteiger partial charge in [0, 0.05) is 10.4 Å². The highest BCUT2D eigenvalue weighted by Gasteiger charge is 2.09. The summed E-state index contributed by atoms with van der Waals surface area (Å²) in [7, 11) is 0. The molecule has 0 radical (unpaired) electrons. The number of hydrogen-bond acceptors (Lipinski definition) is 1. The van der Waals surface area contributed by atoms with E-state index in [1.165, 1.54) is 6.07 Å². The fraction of sp³-hybridized carbons (Fsp3) is 0.222. The summed E-state index contributed by atoms with van der Waals surface area (Å²) in [5.41, 5.74) is 0.438. The van der Waals surface area contributed by atoms with Gasteiger partial charge < -0.3 is 4.79 Å². The molecule has 1 nitrogen and oxygen atoms in total. The Morgan fingerprint density at radius 1 is 1.58 bits per heavy atom. The number of carbonyl (C=O) groups is 1. The van der Waals surface area contributed by atoms with Gasteiger partial charge in [0.1, 0.15) is 12.1 Å². The van der Waals surface area contributed by atoms with Crippen LogP contribution >= 0.6 is 15.9 Å². The first-order valence-electron chi connectivity index (χ1n) is 3.55. The first-order chi connectivity index (χ1) is 5.65. The van der Waals surface area contributed by atoms with Crippen molar-refractivity contribution in [2.24, 2.45) is 0 Å². The molecule has 0 aliphatic heterocycles. The van der Waals surface area contributed by atoms with Crippen molar-refractivity contribution in [3.8, 4) is 0 Å². The summed E-state index contributed by atoms with van der Waals surface area (Å²) < 4.78 is 13.8. The van der Waals surface area contributed by atoms with Crippen LogP contribution in [0.1, 0.15) is 18.4 Å². The molecule has 3 heteroatoms. The van der Waals surface area contributed by atoms with E-state index in [9.17, 15) is 9.18 Å². The highest BCUT2D eigenvalue weighted by Crippen LogP contribution is 2.20. The fourth-order valence-corrected chi connectivity index (χ4v) is 1.28. The molecule has 0 fully saturated rings. The molecule has 0 aromatic heterocycles. The van der Waals surface area contributed by atoms with Gasteiger partial charge >= 0.3 is 0 Å². The molecule has 1 atom stereocenters. The van der Waals surface area contributed by atoms with Crippen molar-refractivity contribution in [1.82, 2.24) is 0 Å². The average Bonchev–Trinajstić information content (AvgIpc) is 2.03. The summed E-state index contributed by atoms with van der Waals surface area (Å²) in [4.78, 5) is 10.4. The third-order valence-corrected chi connectivity index (χ3v) is 2.15. The second-order valence-corrected chi connectivity index (χ2v) is 3.51. The van der Waals surface area contributed by atoms with E-state index in [1.807, 2.05) is 0 Å². The van der Waals surface area contributed by atoms with Crippen LogP contribution in [-0.2, 0) is 4.79 Å². The van der Waals surface area contributed by atoms with E-state index < -0.39 is 0 Å². The SMILES string of the molecule is CC(C=O)c1ccc(Br)cc1F. The van der Waals surface area contributed by atoms with Gasteiger partial charge in [0.2, 0.25) is 0 Å². The molecule has 0 aliphatic rings. The molecule has 0 spiro atoms. The maximum absolute atomic E-state index is 13.1. The van der Waals surface area contributed by atoms with Crippen LogP contribution in [0, 0.1) is 5.82 Å². The summed E-state index contributed by atoms with van der Waals surface area (Å²) in [5, 5.41) is 0. The van der Waals surface area contributed by atoms with Crippen molar-refractivity contribution in [2.75, 3.05) is 0 Å². The first kappa shape index (κ1) is 9.39. The maximum atomic E-state index is 13.1. The molecular weight excluding hydrogens is 223 g/mol. The van der Waals surface area contributed by atoms with E-state index in [0.717, 1.165) is 6.29 Å². The number of halogens is 2. The van der Waals surface area contributed by atoms with Crippen molar-refractivity contribution >= 4 is 22.2 Å². The fourth-order valence-electron chi connectivity index (χ4n) is 0.944. The van der Waals surface area contributed by atoms with Gasteiger partial charge in [-0.25, -0.2) is 4.39 Å². The molecule has 1 aromatic rings. The predicted octanol–water partition coefficient (Wildman–Crippen LogP) is 2.89. The van der Waals surface area contributed by atoms with Crippen LogP contribution in [0.25, 0.3) is 0 Å². The molecule has 0 N–H and O–H groups in total. The first-order valence-corrected chi connectivity index (χ1v) is 4.34. The average molecular weight is 231 g/mol. The Morgan fingerprint density at radius 3 is 2.75 bits per heavy atom. The summed E-state index contributed by atoms with van der Waals surface area (Å²) in [6, 6.07) is 4.69. The van der Waals surface area contributed by atoms with Gasteiger partial charge in [0.25, 0.3) is 0 Å². The molecule has 0 amide bonds. The highest BCUT2D eigenvalue weighted by molar-refractivity contribution is 9.10. The molecule has 0 saturated carbocycles. The summed E-state index contributed by atoms with van der Waals surface area (Å²) in [6.07, 6.45) is 0.728. The lowest BCUT2D eigenvalue weighted by Gasteiger charge is -2.04. The molecule has 64 valence electrons. The van der Waals surface area contributed by atoms with Crippen LogP contribution < -0.4 is 0 Å². The topological polar surface area (TPSA) is 17.1 Å². The van der Waals surface area contributed by atoms with Gasteiger partial charge in [-0.2, -0.15) is 0 Å². The van der Waals surface area contributed by atoms with Crippen LogP contribution in [0.2, 0.25) is 0 Å². The summed E-state index contributed by atoms with van der Waals surface area (Å²) >= 11 is 3.14. The summed E-state index contributed by atoms with van der Waals surface area (Å²) in [6.45, 7) is 1.67. The van der Waals surface area contributed by atoms with Crippen LogP contribution in [-0.4, -0.2) is 6.29 Å². The Bertz CT molecular complexity index is 299. The third-order valence-electron chi connectivity index (χ3n) is 1.66. The largest absolute Gasteiger partial charge is 0.303 e. The highest BCUT2D eigenvalue weighted by atomic mass is 79.9. The van der Waals surface area contributed by atoms with Crippen LogP contribution in [0.15, 0.2) is 22.7 Å². The van der Waals surface area contributed by atoms with Crippen molar-refractivity contribution in [1.29, 1.82) is 0 Å². The predicted molar refractivity (Wildman–Crippen MR) is 48.6 cm³/mol. The van der Waals surface area contributed by atoms with Crippen molar-refractivity contribution in [2.45, 2.75) is 12.8 Å². The van der Waals surface area contributed by atoms with Crippen molar-refractivity contribution < 1.29 is 9.18 Å². The van der Waals surface area contributed by atoms with Crippen LogP contribution in [0.4, 0.5) is 4.39 Å². The lowest BCUT2D eigenvalue weighted by atomic mass is 10.0. The van der Waals surface area contributed by atoms with Crippen molar-refractivity contribution in [3.63, 3.8) is 0 Å². The van der Waals surface area contributed by atoms with E-state index in [4.69, 9.17) is 0 Å². The third kappa shape index (κ3) is 1.91. The Hall–Kier alpha value is -0.700. The molecule has 0 saturated heterocycles. The Balaban J connectivity index is 3.09. The molecule has 1 aromatic carbocycles. The molecule has 0 aliphatic carbocycles. The number of carbonyl (C=O) groups excluding carboxylic acids is 1. The van der Waals surface area contributed by atoms with Gasteiger partial charge in [0.05, 0.1) is 0 Å². The molecule has 0 bridgehead atoms. The van der Waals surface area contributed by atoms with Gasteiger partial charge in [-0.15, -0.1) is 0 Å². The van der Waals surface area contributed by atoms with Gasteiger partial charge in [-0.05, 0) is 17.7 Å². The van der Waals surface area contributed by atoms with E-state index in [-0.39, 0.29) is 11.7 Å². The zero-order chi connectivity index (χ0) is 9.14. The monoisotopic (exact) mass is 230 g/mol. The van der Waals surface area contributed by atoms with Crippen molar-refractivity contribution in [3.05, 3.63) is 34.1 Å². The zero-order valence-electron chi connectivity index (χ0n) is 6.55. The van der Waals surface area contributed by atoms with Gasteiger partial charge in [-0.3, -0.25) is 0 Å². The second kappa shape index (κ2) is 3.81. The number of benzene rings is 1. The Labute approximate surface area is 78.7 Å². The Morgan fingerprint density at radius 2 is 2.25 bits per heavy atom. The van der Waals surface area contributed by atoms with Gasteiger partial charge in [0.15, 0.2) is 0 Å². The van der Waals surface area contributed by atoms with Crippen LogP contribution in [0.5, 0.6) is 0 Å². The number of aldehydes is 1. The molecule has 12 heavy (non-hydrogen) atoms. The molecule has 0 heterocycles. The second-order valence-electron chi connectivity index (χ2n) is 2.59. The van der Waals surface area contributed by atoms with E-state index in [0.29, 0.717) is 10.0 Å². The number of rotatable bonds is 2. The zero-order valence-corrected chi connectivity index (χ0v) is 8.14. The minimum atomic E-state index is -0.377. The normalized spacial score (nSPS) is 12.6. The lowest BCUT2D eigenvalue weighted by molar-refractivity contribution is -0.108. The molecule has 1 unspecified atom stereocenters. The quantitative estimate of drug-likeness (QED) is 0.715. The summed E-state index contributed by atoms with van der Waals surface area (Å²) in [5.74, 6) is -0.720. The molecular formula is C9H8BrFO. The lowest BCUT2D eigenvalue weighted by Crippen LogP contribution is -1.97. The Kier molecular flexibility index (Phi) is 2.98. The van der Waals surface area contributed by atoms with E-state index in [2.05, 4.69) is 15.9 Å². The standard InChI is InChI=1S/C9H8BrFO/c1-6(5-12)8-3-2-7(10)4-9(8)11/h2-6H,1H3. The molecule has 1 rings (SSSR count). The van der Waals surface area contributed by atoms with E-state index >= 15 is 0 Å².